The molecule has 0 amide bonds. The topological polar surface area (TPSA) is 132 Å². The molecule has 0 saturated carbocycles. The largest absolute Gasteiger partial charge is 0.458 e. The molecule has 2 aromatic heterocycles. The Hall–Kier alpha value is -3.47. The number of hydrogen-bond donors (Lipinski definition) is 3. The lowest BCUT2D eigenvalue weighted by Gasteiger charge is -2.31. The van der Waals surface area contributed by atoms with Crippen LogP contribution in [0.2, 0.25) is 0 Å². The second-order valence-electron chi connectivity index (χ2n) is 9.62. The quantitative estimate of drug-likeness (QED) is 0.280. The predicted octanol–water partition coefficient (Wildman–Crippen LogP) is 1.41. The molecular weight excluding hydrogens is 462 g/mol. The first-order valence-electron chi connectivity index (χ1n) is 12.3. The number of pyridine rings is 2. The number of anilines is 2. The minimum atomic E-state index is -1.84. The SMILES string of the molecule is CC[C@@]1(O)C(=O)OCc2c1cc1n(c2=O)Cc2cc3cc(N)cc(NCCN4CCOCC4)c3nc2-1. The summed E-state index contributed by atoms with van der Waals surface area (Å²) < 4.78 is 12.2. The minimum Gasteiger partial charge on any atom is -0.458 e. The van der Waals surface area contributed by atoms with E-state index in [9.17, 15) is 14.7 Å². The van der Waals surface area contributed by atoms with Gasteiger partial charge in [0.25, 0.3) is 5.56 Å². The molecule has 4 N–H and O–H groups in total. The maximum absolute atomic E-state index is 13.4. The van der Waals surface area contributed by atoms with Gasteiger partial charge in [-0.25, -0.2) is 9.78 Å². The molecule has 10 nitrogen and oxygen atoms in total. The van der Waals surface area contributed by atoms with Crippen molar-refractivity contribution >= 4 is 28.2 Å². The Labute approximate surface area is 207 Å². The number of hydrogen-bond acceptors (Lipinski definition) is 9. The van der Waals surface area contributed by atoms with Crippen molar-refractivity contribution in [3.8, 4) is 11.4 Å². The van der Waals surface area contributed by atoms with Crippen LogP contribution < -0.4 is 16.6 Å². The highest BCUT2D eigenvalue weighted by Gasteiger charge is 2.45. The fourth-order valence-corrected chi connectivity index (χ4v) is 5.43. The molecule has 10 heteroatoms. The highest BCUT2D eigenvalue weighted by molar-refractivity contribution is 5.96. The molecule has 6 rings (SSSR count). The molecule has 0 unspecified atom stereocenters. The number of nitrogens with zero attached hydrogens (tertiary/aromatic N) is 3. The number of esters is 1. The Morgan fingerprint density at radius 2 is 2.00 bits per heavy atom. The summed E-state index contributed by atoms with van der Waals surface area (Å²) in [7, 11) is 0. The predicted molar refractivity (Wildman–Crippen MR) is 135 cm³/mol. The van der Waals surface area contributed by atoms with E-state index in [4.69, 9.17) is 20.2 Å². The van der Waals surface area contributed by atoms with Gasteiger partial charge in [-0.3, -0.25) is 9.69 Å². The van der Waals surface area contributed by atoms with Crippen molar-refractivity contribution < 1.29 is 19.4 Å². The summed E-state index contributed by atoms with van der Waals surface area (Å²) in [5, 5.41) is 15.4. The van der Waals surface area contributed by atoms with Gasteiger partial charge in [0.1, 0.15) is 6.61 Å². The highest BCUT2D eigenvalue weighted by Crippen LogP contribution is 2.39. The second-order valence-corrected chi connectivity index (χ2v) is 9.62. The van der Waals surface area contributed by atoms with E-state index in [0.29, 0.717) is 34.7 Å². The Morgan fingerprint density at radius 1 is 1.19 bits per heavy atom. The summed E-state index contributed by atoms with van der Waals surface area (Å²) in [6, 6.07) is 7.51. The summed E-state index contributed by atoms with van der Waals surface area (Å²) >= 11 is 0. The Kier molecular flexibility index (Phi) is 5.47. The van der Waals surface area contributed by atoms with Gasteiger partial charge in [0.2, 0.25) is 0 Å². The number of morpholine rings is 1. The van der Waals surface area contributed by atoms with Crippen molar-refractivity contribution in [1.29, 1.82) is 0 Å². The fourth-order valence-electron chi connectivity index (χ4n) is 5.43. The summed E-state index contributed by atoms with van der Waals surface area (Å²) in [5.74, 6) is -0.728. The van der Waals surface area contributed by atoms with Crippen LogP contribution in [0.4, 0.5) is 11.4 Å². The maximum Gasteiger partial charge on any atom is 0.343 e. The number of aliphatic hydroxyl groups is 1. The summed E-state index contributed by atoms with van der Waals surface area (Å²) in [5.41, 5.74) is 9.08. The molecule has 0 bridgehead atoms. The van der Waals surface area contributed by atoms with Crippen molar-refractivity contribution in [2.75, 3.05) is 50.4 Å². The zero-order valence-corrected chi connectivity index (χ0v) is 20.2. The van der Waals surface area contributed by atoms with Crippen LogP contribution in [0.1, 0.15) is 30.0 Å². The Bertz CT molecular complexity index is 1450. The first kappa shape index (κ1) is 23.0. The molecule has 3 aromatic rings. The summed E-state index contributed by atoms with van der Waals surface area (Å²) in [6.45, 7) is 6.84. The van der Waals surface area contributed by atoms with Crippen LogP contribution in [0.3, 0.4) is 0 Å². The van der Waals surface area contributed by atoms with Crippen LogP contribution >= 0.6 is 0 Å². The van der Waals surface area contributed by atoms with E-state index < -0.39 is 11.6 Å². The van der Waals surface area contributed by atoms with Crippen LogP contribution in [0, 0.1) is 0 Å². The van der Waals surface area contributed by atoms with Crippen LogP contribution in [-0.4, -0.2) is 64.9 Å². The van der Waals surface area contributed by atoms with E-state index in [1.807, 2.05) is 18.2 Å². The number of nitrogen functional groups attached to an aromatic ring is 1. The van der Waals surface area contributed by atoms with Crippen molar-refractivity contribution in [1.82, 2.24) is 14.5 Å². The lowest BCUT2D eigenvalue weighted by molar-refractivity contribution is -0.172. The zero-order chi connectivity index (χ0) is 25.0. The molecular formula is C26H29N5O5. The first-order valence-corrected chi connectivity index (χ1v) is 12.3. The molecule has 1 aromatic carbocycles. The maximum atomic E-state index is 13.4. The van der Waals surface area contributed by atoms with E-state index in [-0.39, 0.29) is 18.6 Å². The minimum absolute atomic E-state index is 0.107. The molecule has 0 radical (unpaired) electrons. The van der Waals surface area contributed by atoms with Gasteiger partial charge in [0, 0.05) is 48.4 Å². The van der Waals surface area contributed by atoms with Crippen molar-refractivity contribution in [3.63, 3.8) is 0 Å². The van der Waals surface area contributed by atoms with Gasteiger partial charge in [-0.2, -0.15) is 0 Å². The number of benzene rings is 1. The highest BCUT2D eigenvalue weighted by atomic mass is 16.6. The number of nitrogens with one attached hydrogen (secondary N) is 1. The van der Waals surface area contributed by atoms with Gasteiger partial charge in [0.05, 0.1) is 47.9 Å². The molecule has 1 saturated heterocycles. The van der Waals surface area contributed by atoms with E-state index >= 15 is 0 Å². The van der Waals surface area contributed by atoms with Gasteiger partial charge in [0.15, 0.2) is 5.60 Å². The van der Waals surface area contributed by atoms with E-state index in [1.54, 1.807) is 17.6 Å². The number of aromatic nitrogens is 2. The summed E-state index contributed by atoms with van der Waals surface area (Å²) in [6.07, 6.45) is 0.107. The monoisotopic (exact) mass is 491 g/mol. The number of nitrogens with two attached hydrogens (primary N) is 1. The number of rotatable bonds is 5. The smallest absolute Gasteiger partial charge is 0.343 e. The van der Waals surface area contributed by atoms with Gasteiger partial charge < -0.3 is 30.2 Å². The fraction of sp³-hybridized carbons (Fsp3) is 0.423. The van der Waals surface area contributed by atoms with E-state index in [0.717, 1.165) is 61.5 Å². The average molecular weight is 492 g/mol. The van der Waals surface area contributed by atoms with Gasteiger partial charge in [-0.1, -0.05) is 6.92 Å². The molecule has 0 spiro atoms. The molecule has 5 heterocycles. The van der Waals surface area contributed by atoms with Crippen LogP contribution in [0.25, 0.3) is 22.3 Å². The number of fused-ring (bicyclic) bond motifs is 5. The Balaban J connectivity index is 1.41. The van der Waals surface area contributed by atoms with Gasteiger partial charge >= 0.3 is 5.97 Å². The Morgan fingerprint density at radius 3 is 2.78 bits per heavy atom. The third kappa shape index (κ3) is 3.56. The van der Waals surface area contributed by atoms with Crippen molar-refractivity contribution in [3.05, 3.63) is 51.3 Å². The molecule has 0 aliphatic carbocycles. The van der Waals surface area contributed by atoms with Crippen LogP contribution in [0.5, 0.6) is 0 Å². The van der Waals surface area contributed by atoms with Crippen molar-refractivity contribution in [2.24, 2.45) is 0 Å². The third-order valence-corrected chi connectivity index (χ3v) is 7.48. The second kappa shape index (κ2) is 8.58. The molecule has 36 heavy (non-hydrogen) atoms. The molecule has 3 aliphatic rings. The lowest BCUT2D eigenvalue weighted by atomic mass is 9.86. The third-order valence-electron chi connectivity index (χ3n) is 7.48. The van der Waals surface area contributed by atoms with Crippen LogP contribution in [0.15, 0.2) is 29.1 Å². The van der Waals surface area contributed by atoms with Crippen LogP contribution in [-0.2, 0) is 33.0 Å². The average Bonchev–Trinajstić information content (AvgIpc) is 3.24. The summed E-state index contributed by atoms with van der Waals surface area (Å²) in [4.78, 5) is 33.1. The number of cyclic esters (lactones) is 1. The first-order chi connectivity index (χ1) is 17.4. The number of carbonyl (C=O) groups excluding carboxylic acids is 1. The normalized spacial score (nSPS) is 21.1. The van der Waals surface area contributed by atoms with E-state index in [2.05, 4.69) is 10.2 Å². The molecule has 1 fully saturated rings. The molecule has 188 valence electrons. The van der Waals surface area contributed by atoms with Gasteiger partial charge in [-0.15, -0.1) is 0 Å². The van der Waals surface area contributed by atoms with Gasteiger partial charge in [-0.05, 0) is 30.7 Å². The number of carbonyl (C=O) groups is 1. The molecule has 1 atom stereocenters. The zero-order valence-electron chi connectivity index (χ0n) is 20.2. The molecule has 3 aliphatic heterocycles. The van der Waals surface area contributed by atoms with E-state index in [1.165, 1.54) is 0 Å². The van der Waals surface area contributed by atoms with Crippen molar-refractivity contribution in [2.45, 2.75) is 32.1 Å². The standard InChI is InChI=1S/C26H29N5O5/c1-2-26(34)19-12-21-23-16(13-31(21)24(32)18(19)14-36-25(26)33)9-15-10-17(27)11-20(22(15)29-23)28-3-4-30-5-7-35-8-6-30/h9-12,28,34H,2-8,13-14,27H2,1H3/t26-/m0/s1. The lowest BCUT2D eigenvalue weighted by Crippen LogP contribution is -2.44. The number of ether oxygens (including phenoxy) is 2.